The van der Waals surface area contributed by atoms with Gasteiger partial charge in [-0.3, -0.25) is 0 Å². The number of rotatable bonds is 8. The van der Waals surface area contributed by atoms with E-state index in [0.717, 1.165) is 31.5 Å². The van der Waals surface area contributed by atoms with Crippen molar-refractivity contribution in [2.24, 2.45) is 5.92 Å². The van der Waals surface area contributed by atoms with E-state index in [1.165, 1.54) is 6.42 Å². The Balaban J connectivity index is 2.09. The highest BCUT2D eigenvalue weighted by molar-refractivity contribution is 7.89. The number of sulfonamides is 1. The average molecular weight is 310 g/mol. The molecule has 0 heterocycles. The highest BCUT2D eigenvalue weighted by Crippen LogP contribution is 2.29. The second-order valence-electron chi connectivity index (χ2n) is 5.68. The van der Waals surface area contributed by atoms with Gasteiger partial charge in [-0.25, -0.2) is 8.42 Å². The molecule has 2 rings (SSSR count). The van der Waals surface area contributed by atoms with Crippen molar-refractivity contribution in [3.05, 3.63) is 29.8 Å². The molecule has 0 aliphatic heterocycles. The molecule has 0 unspecified atom stereocenters. The van der Waals surface area contributed by atoms with Gasteiger partial charge in [0.15, 0.2) is 0 Å². The number of nitrogens with zero attached hydrogens (tertiary/aromatic N) is 1. The van der Waals surface area contributed by atoms with Crippen molar-refractivity contribution >= 4 is 10.0 Å². The van der Waals surface area contributed by atoms with Gasteiger partial charge >= 0.3 is 0 Å². The normalized spacial score (nSPS) is 16.1. The first-order chi connectivity index (χ1) is 10.1. The number of hydrogen-bond donors (Lipinski definition) is 1. The first-order valence-electron chi connectivity index (χ1n) is 7.87. The average Bonchev–Trinajstić information content (AvgIpc) is 2.44. The fraction of sp³-hybridized carbons (Fsp3) is 0.625. The van der Waals surface area contributed by atoms with Gasteiger partial charge in [-0.1, -0.05) is 32.4 Å². The van der Waals surface area contributed by atoms with Gasteiger partial charge in [0, 0.05) is 19.6 Å². The molecule has 1 aromatic carbocycles. The maximum Gasteiger partial charge on any atom is 0.243 e. The van der Waals surface area contributed by atoms with E-state index >= 15 is 0 Å². The minimum atomic E-state index is -3.35. The van der Waals surface area contributed by atoms with Crippen LogP contribution in [0.5, 0.6) is 0 Å². The quantitative estimate of drug-likeness (QED) is 0.803. The minimum absolute atomic E-state index is 0.406. The zero-order chi connectivity index (χ0) is 15.3. The summed E-state index contributed by atoms with van der Waals surface area (Å²) in [5.74, 6) is 0.549. The van der Waals surface area contributed by atoms with E-state index in [-0.39, 0.29) is 0 Å². The molecule has 4 nitrogen and oxygen atoms in total. The van der Waals surface area contributed by atoms with Crippen molar-refractivity contribution in [2.45, 2.75) is 44.6 Å². The Kier molecular flexibility index (Phi) is 5.79. The third-order valence-corrected chi connectivity index (χ3v) is 6.13. The molecule has 0 bridgehead atoms. The van der Waals surface area contributed by atoms with Gasteiger partial charge < -0.3 is 5.32 Å². The number of hydrogen-bond acceptors (Lipinski definition) is 3. The summed E-state index contributed by atoms with van der Waals surface area (Å²) in [6.07, 6.45) is 3.56. The molecule has 1 aliphatic rings. The maximum atomic E-state index is 12.7. The van der Waals surface area contributed by atoms with Crippen molar-refractivity contribution in [1.29, 1.82) is 0 Å². The molecule has 5 heteroatoms. The van der Waals surface area contributed by atoms with Crippen molar-refractivity contribution in [3.63, 3.8) is 0 Å². The molecule has 0 aromatic heterocycles. The fourth-order valence-corrected chi connectivity index (χ4v) is 4.08. The molecule has 1 aromatic rings. The second kappa shape index (κ2) is 7.38. The highest BCUT2D eigenvalue weighted by Gasteiger charge is 2.28. The first-order valence-corrected chi connectivity index (χ1v) is 9.31. The van der Waals surface area contributed by atoms with Crippen LogP contribution in [-0.4, -0.2) is 32.4 Å². The molecule has 1 fully saturated rings. The molecule has 0 atom stereocenters. The van der Waals surface area contributed by atoms with Crippen molar-refractivity contribution < 1.29 is 8.42 Å². The minimum Gasteiger partial charge on any atom is -0.313 e. The summed E-state index contributed by atoms with van der Waals surface area (Å²) in [6.45, 7) is 6.85. The van der Waals surface area contributed by atoms with Crippen molar-refractivity contribution in [3.8, 4) is 0 Å². The van der Waals surface area contributed by atoms with E-state index in [2.05, 4.69) is 12.2 Å². The summed E-state index contributed by atoms with van der Waals surface area (Å²) in [5, 5.41) is 3.24. The smallest absolute Gasteiger partial charge is 0.243 e. The topological polar surface area (TPSA) is 49.4 Å². The van der Waals surface area contributed by atoms with Crippen molar-refractivity contribution in [1.82, 2.24) is 9.62 Å². The van der Waals surface area contributed by atoms with E-state index in [1.54, 1.807) is 16.4 Å². The third kappa shape index (κ3) is 4.05. The van der Waals surface area contributed by atoms with Gasteiger partial charge in [-0.2, -0.15) is 4.31 Å². The third-order valence-electron chi connectivity index (χ3n) is 4.18. The maximum absolute atomic E-state index is 12.7. The van der Waals surface area contributed by atoms with E-state index in [1.807, 2.05) is 19.1 Å². The van der Waals surface area contributed by atoms with Gasteiger partial charge in [-0.15, -0.1) is 0 Å². The number of nitrogens with one attached hydrogen (secondary N) is 1. The zero-order valence-electron chi connectivity index (χ0n) is 13.0. The van der Waals surface area contributed by atoms with Crippen LogP contribution < -0.4 is 5.32 Å². The standard InChI is InChI=1S/C16H26N2O2S/c1-3-17-12-14-8-10-16(11-9-14)21(19,20)18(4-2)13-15-6-5-7-15/h8-11,15,17H,3-7,12-13H2,1-2H3. The lowest BCUT2D eigenvalue weighted by molar-refractivity contribution is 0.250. The SMILES string of the molecule is CCNCc1ccc(S(=O)(=O)N(CC)CC2CCC2)cc1. The van der Waals surface area contributed by atoms with Crippen molar-refractivity contribution in [2.75, 3.05) is 19.6 Å². The molecule has 118 valence electrons. The number of benzene rings is 1. The van der Waals surface area contributed by atoms with Crippen LogP contribution >= 0.6 is 0 Å². The lowest BCUT2D eigenvalue weighted by atomic mass is 9.85. The predicted octanol–water partition coefficient (Wildman–Crippen LogP) is 2.61. The van der Waals surface area contributed by atoms with Gasteiger partial charge in [0.2, 0.25) is 10.0 Å². The van der Waals surface area contributed by atoms with Crippen LogP contribution in [-0.2, 0) is 16.6 Å². The van der Waals surface area contributed by atoms with Gasteiger partial charge in [0.1, 0.15) is 0 Å². The van der Waals surface area contributed by atoms with Crippen LogP contribution in [0.1, 0.15) is 38.7 Å². The monoisotopic (exact) mass is 310 g/mol. The largest absolute Gasteiger partial charge is 0.313 e. The molecule has 1 N–H and O–H groups in total. The van der Waals surface area contributed by atoms with Crippen LogP contribution in [0.25, 0.3) is 0 Å². The van der Waals surface area contributed by atoms with Crippen LogP contribution in [0.4, 0.5) is 0 Å². The van der Waals surface area contributed by atoms with E-state index in [4.69, 9.17) is 0 Å². The molecule has 1 saturated carbocycles. The molecule has 0 saturated heterocycles. The summed E-state index contributed by atoms with van der Waals surface area (Å²) in [6, 6.07) is 7.25. The molecule has 1 aliphatic carbocycles. The molecule has 0 amide bonds. The van der Waals surface area contributed by atoms with Gasteiger partial charge in [0.05, 0.1) is 4.90 Å². The highest BCUT2D eigenvalue weighted by atomic mass is 32.2. The summed E-state index contributed by atoms with van der Waals surface area (Å²) in [5.41, 5.74) is 1.11. The lowest BCUT2D eigenvalue weighted by Gasteiger charge is -2.31. The Morgan fingerprint density at radius 3 is 2.33 bits per heavy atom. The Morgan fingerprint density at radius 2 is 1.86 bits per heavy atom. The van der Waals surface area contributed by atoms with Crippen LogP contribution in [0.15, 0.2) is 29.2 Å². The fourth-order valence-electron chi connectivity index (χ4n) is 2.56. The summed E-state index contributed by atoms with van der Waals surface area (Å²) >= 11 is 0. The van der Waals surface area contributed by atoms with E-state index in [0.29, 0.717) is 23.9 Å². The molecule has 0 radical (unpaired) electrons. The Morgan fingerprint density at radius 1 is 1.19 bits per heavy atom. The van der Waals surface area contributed by atoms with Crippen LogP contribution in [0, 0.1) is 5.92 Å². The summed E-state index contributed by atoms with van der Waals surface area (Å²) in [4.78, 5) is 0.406. The van der Waals surface area contributed by atoms with Gasteiger partial charge in [-0.05, 0) is 43.0 Å². The predicted molar refractivity (Wildman–Crippen MR) is 85.6 cm³/mol. The molecular formula is C16H26N2O2S. The lowest BCUT2D eigenvalue weighted by Crippen LogP contribution is -2.37. The second-order valence-corrected chi connectivity index (χ2v) is 7.61. The van der Waals surface area contributed by atoms with E-state index in [9.17, 15) is 8.42 Å². The van der Waals surface area contributed by atoms with Crippen LogP contribution in [0.3, 0.4) is 0 Å². The first kappa shape index (κ1) is 16.5. The Bertz CT molecular complexity index is 536. The Hall–Kier alpha value is -0.910. The molecule has 0 spiro atoms. The molecule has 21 heavy (non-hydrogen) atoms. The van der Waals surface area contributed by atoms with E-state index < -0.39 is 10.0 Å². The Labute approximate surface area is 128 Å². The van der Waals surface area contributed by atoms with Crippen LogP contribution in [0.2, 0.25) is 0 Å². The summed E-state index contributed by atoms with van der Waals surface area (Å²) < 4.78 is 27.0. The van der Waals surface area contributed by atoms with Gasteiger partial charge in [0.25, 0.3) is 0 Å². The molecular weight excluding hydrogens is 284 g/mol. The summed E-state index contributed by atoms with van der Waals surface area (Å²) in [7, 11) is -3.35. The zero-order valence-corrected chi connectivity index (χ0v) is 13.8.